The predicted octanol–water partition coefficient (Wildman–Crippen LogP) is 2.63. The molecule has 0 radical (unpaired) electrons. The second-order valence-electron chi connectivity index (χ2n) is 7.39. The van der Waals surface area contributed by atoms with Crippen LogP contribution in [0.2, 0.25) is 0 Å². The summed E-state index contributed by atoms with van der Waals surface area (Å²) in [7, 11) is 4.88. The van der Waals surface area contributed by atoms with Crippen LogP contribution in [0.25, 0.3) is 0 Å². The Kier molecular flexibility index (Phi) is 8.70. The van der Waals surface area contributed by atoms with Crippen molar-refractivity contribution in [3.05, 3.63) is 35.1 Å². The minimum absolute atomic E-state index is 0.174. The summed E-state index contributed by atoms with van der Waals surface area (Å²) in [4.78, 5) is 6.27. The first kappa shape index (κ1) is 21.8. The SMILES string of the molecule is CCS(=O)C1CCCC(NC(=NC)NCc2ccc(F)c(CN(C)C)c2)C1. The second kappa shape index (κ2) is 10.8. The molecule has 1 fully saturated rings. The number of benzene rings is 1. The van der Waals surface area contributed by atoms with Crippen LogP contribution in [0.5, 0.6) is 0 Å². The third kappa shape index (κ3) is 6.88. The maximum Gasteiger partial charge on any atom is 0.191 e. The van der Waals surface area contributed by atoms with Crippen molar-refractivity contribution in [3.8, 4) is 0 Å². The molecular formula is C20H33FN4OS. The van der Waals surface area contributed by atoms with E-state index in [0.717, 1.165) is 43.0 Å². The van der Waals surface area contributed by atoms with Gasteiger partial charge < -0.3 is 15.5 Å². The highest BCUT2D eigenvalue weighted by Crippen LogP contribution is 2.23. The van der Waals surface area contributed by atoms with Gasteiger partial charge in [-0.05, 0) is 51.1 Å². The standard InChI is InChI=1S/C20H33FN4OS/c1-5-27(26)18-8-6-7-17(12-18)24-20(22-2)23-13-15-9-10-19(21)16(11-15)14-25(3)4/h9-11,17-18H,5-8,12-14H2,1-4H3,(H2,22,23,24). The molecule has 7 heteroatoms. The van der Waals surface area contributed by atoms with Crippen LogP contribution in [0, 0.1) is 5.82 Å². The summed E-state index contributed by atoms with van der Waals surface area (Å²) < 4.78 is 26.0. The molecule has 1 aromatic carbocycles. The van der Waals surface area contributed by atoms with Crippen LogP contribution < -0.4 is 10.6 Å². The van der Waals surface area contributed by atoms with Crippen LogP contribution in [0.3, 0.4) is 0 Å². The summed E-state index contributed by atoms with van der Waals surface area (Å²) in [5.74, 6) is 1.29. The van der Waals surface area contributed by atoms with E-state index >= 15 is 0 Å². The average Bonchev–Trinajstić information content (AvgIpc) is 2.66. The fraction of sp³-hybridized carbons (Fsp3) is 0.650. The Bertz CT molecular complexity index is 665. The van der Waals surface area contributed by atoms with Crippen LogP contribution >= 0.6 is 0 Å². The lowest BCUT2D eigenvalue weighted by atomic mass is 9.95. The van der Waals surface area contributed by atoms with Gasteiger partial charge in [-0.15, -0.1) is 0 Å². The van der Waals surface area contributed by atoms with Gasteiger partial charge in [0.05, 0.1) is 0 Å². The van der Waals surface area contributed by atoms with Crippen molar-refractivity contribution in [2.75, 3.05) is 26.9 Å². The minimum atomic E-state index is -0.734. The van der Waals surface area contributed by atoms with Crippen LogP contribution in [0.4, 0.5) is 4.39 Å². The Morgan fingerprint density at radius 2 is 2.15 bits per heavy atom. The highest BCUT2D eigenvalue weighted by molar-refractivity contribution is 7.85. The molecule has 2 rings (SSSR count). The fourth-order valence-electron chi connectivity index (χ4n) is 3.52. The highest BCUT2D eigenvalue weighted by atomic mass is 32.2. The maximum atomic E-state index is 13.9. The Morgan fingerprint density at radius 3 is 2.81 bits per heavy atom. The minimum Gasteiger partial charge on any atom is -0.354 e. The predicted molar refractivity (Wildman–Crippen MR) is 112 cm³/mol. The van der Waals surface area contributed by atoms with Gasteiger partial charge in [-0.3, -0.25) is 9.20 Å². The van der Waals surface area contributed by atoms with E-state index in [1.165, 1.54) is 6.07 Å². The van der Waals surface area contributed by atoms with Gasteiger partial charge in [-0.1, -0.05) is 19.4 Å². The lowest BCUT2D eigenvalue weighted by Crippen LogP contribution is -2.46. The molecule has 1 aliphatic rings. The van der Waals surface area contributed by atoms with Gasteiger partial charge in [0.2, 0.25) is 0 Å². The van der Waals surface area contributed by atoms with Gasteiger partial charge in [0.1, 0.15) is 5.82 Å². The number of nitrogens with zero attached hydrogens (tertiary/aromatic N) is 2. The maximum absolute atomic E-state index is 13.9. The van der Waals surface area contributed by atoms with Gasteiger partial charge in [0.25, 0.3) is 0 Å². The summed E-state index contributed by atoms with van der Waals surface area (Å²) in [6.45, 7) is 3.14. The van der Waals surface area contributed by atoms with Crippen molar-refractivity contribution in [1.29, 1.82) is 0 Å². The molecule has 0 saturated heterocycles. The van der Waals surface area contributed by atoms with Crippen molar-refractivity contribution in [2.24, 2.45) is 4.99 Å². The molecule has 1 aliphatic carbocycles. The first-order valence-corrected chi connectivity index (χ1v) is 11.1. The van der Waals surface area contributed by atoms with Crippen molar-refractivity contribution in [1.82, 2.24) is 15.5 Å². The average molecular weight is 397 g/mol. The zero-order valence-corrected chi connectivity index (χ0v) is 17.7. The molecule has 3 unspecified atom stereocenters. The van der Waals surface area contributed by atoms with E-state index in [0.29, 0.717) is 24.7 Å². The fourth-order valence-corrected chi connectivity index (χ4v) is 4.87. The van der Waals surface area contributed by atoms with E-state index in [4.69, 9.17) is 0 Å². The number of hydrogen-bond donors (Lipinski definition) is 2. The molecule has 0 heterocycles. The molecule has 5 nitrogen and oxygen atoms in total. The van der Waals surface area contributed by atoms with Crippen molar-refractivity contribution >= 4 is 16.8 Å². The molecule has 0 spiro atoms. The topological polar surface area (TPSA) is 56.7 Å². The van der Waals surface area contributed by atoms with Crippen molar-refractivity contribution < 1.29 is 8.60 Å². The Hall–Kier alpha value is -1.47. The molecule has 1 aromatic rings. The van der Waals surface area contributed by atoms with E-state index in [1.54, 1.807) is 13.1 Å². The number of guanidine groups is 1. The Balaban J connectivity index is 1.91. The summed E-state index contributed by atoms with van der Waals surface area (Å²) in [6, 6.07) is 5.52. The zero-order chi connectivity index (χ0) is 19.8. The Morgan fingerprint density at radius 1 is 1.37 bits per heavy atom. The quantitative estimate of drug-likeness (QED) is 0.550. The normalized spacial score (nSPS) is 21.9. The van der Waals surface area contributed by atoms with E-state index in [9.17, 15) is 8.60 Å². The number of nitrogens with one attached hydrogen (secondary N) is 2. The van der Waals surface area contributed by atoms with E-state index in [-0.39, 0.29) is 11.1 Å². The summed E-state index contributed by atoms with van der Waals surface area (Å²) in [5, 5.41) is 7.07. The molecule has 27 heavy (non-hydrogen) atoms. The van der Waals surface area contributed by atoms with E-state index in [2.05, 4.69) is 15.6 Å². The molecule has 0 amide bonds. The van der Waals surface area contributed by atoms with Crippen LogP contribution in [-0.2, 0) is 23.9 Å². The number of halogens is 1. The molecule has 2 N–H and O–H groups in total. The molecule has 0 bridgehead atoms. The van der Waals surface area contributed by atoms with Gasteiger partial charge in [0.15, 0.2) is 5.96 Å². The number of hydrogen-bond acceptors (Lipinski definition) is 3. The summed E-state index contributed by atoms with van der Waals surface area (Å²) in [6.07, 6.45) is 4.14. The summed E-state index contributed by atoms with van der Waals surface area (Å²) in [5.41, 5.74) is 1.71. The van der Waals surface area contributed by atoms with E-state index in [1.807, 2.05) is 32.0 Å². The number of aliphatic imine (C=N–C) groups is 1. The van der Waals surface area contributed by atoms with Crippen LogP contribution in [0.1, 0.15) is 43.7 Å². The smallest absolute Gasteiger partial charge is 0.191 e. The molecule has 1 saturated carbocycles. The first-order chi connectivity index (χ1) is 12.9. The molecule has 0 aliphatic heterocycles. The van der Waals surface area contributed by atoms with Gasteiger partial charge in [-0.25, -0.2) is 4.39 Å². The third-order valence-corrected chi connectivity index (χ3v) is 6.64. The molecule has 152 valence electrons. The third-order valence-electron chi connectivity index (χ3n) is 4.90. The first-order valence-electron chi connectivity index (χ1n) is 9.69. The summed E-state index contributed by atoms with van der Waals surface area (Å²) >= 11 is 0. The van der Waals surface area contributed by atoms with Crippen LogP contribution in [0.15, 0.2) is 23.2 Å². The Labute approximate surface area is 165 Å². The van der Waals surface area contributed by atoms with Crippen molar-refractivity contribution in [3.63, 3.8) is 0 Å². The van der Waals surface area contributed by atoms with Gasteiger partial charge in [-0.2, -0.15) is 0 Å². The molecule has 0 aromatic heterocycles. The lowest BCUT2D eigenvalue weighted by molar-refractivity contribution is 0.392. The largest absolute Gasteiger partial charge is 0.354 e. The highest BCUT2D eigenvalue weighted by Gasteiger charge is 2.26. The lowest BCUT2D eigenvalue weighted by Gasteiger charge is -2.30. The van der Waals surface area contributed by atoms with Crippen molar-refractivity contribution in [2.45, 2.75) is 57.0 Å². The number of rotatable bonds is 7. The van der Waals surface area contributed by atoms with Gasteiger partial charge >= 0.3 is 0 Å². The molecular weight excluding hydrogens is 363 g/mol. The van der Waals surface area contributed by atoms with Gasteiger partial charge in [0, 0.05) is 53.5 Å². The monoisotopic (exact) mass is 396 g/mol. The van der Waals surface area contributed by atoms with E-state index < -0.39 is 10.8 Å². The zero-order valence-electron chi connectivity index (χ0n) is 16.9. The van der Waals surface area contributed by atoms with Crippen LogP contribution in [-0.4, -0.2) is 53.3 Å². The molecule has 3 atom stereocenters. The second-order valence-corrected chi connectivity index (χ2v) is 9.39.